The molecule has 1 radical (unpaired) electrons. The monoisotopic (exact) mass is 131 g/mol. The molecule has 5 heavy (non-hydrogen) atoms. The molecule has 1 aliphatic rings. The number of rotatable bonds is 0. The summed E-state index contributed by atoms with van der Waals surface area (Å²) in [5.74, 6) is 0. The van der Waals surface area contributed by atoms with Crippen molar-refractivity contribution >= 4 is 15.9 Å². The van der Waals surface area contributed by atoms with Gasteiger partial charge in [0.05, 0.1) is 0 Å². The number of allylic oxidation sites excluding steroid dienone is 2. The lowest BCUT2D eigenvalue weighted by molar-refractivity contribution is 0.966. The molecule has 27 valence electrons. The van der Waals surface area contributed by atoms with Gasteiger partial charge in [-0.25, -0.2) is 0 Å². The van der Waals surface area contributed by atoms with Crippen LogP contribution in [0.4, 0.5) is 0 Å². The molecule has 0 amide bonds. The predicted molar refractivity (Wildman–Crippen MR) is 25.1 cm³/mol. The van der Waals surface area contributed by atoms with E-state index < -0.39 is 0 Å². The second kappa shape index (κ2) is 1.13. The van der Waals surface area contributed by atoms with Gasteiger partial charge in [-0.1, -0.05) is 22.0 Å². The Bertz CT molecular complexity index is 56.7. The zero-order valence-corrected chi connectivity index (χ0v) is 4.33. The summed E-state index contributed by atoms with van der Waals surface area (Å²) in [5.41, 5.74) is 0. The first-order valence-corrected chi connectivity index (χ1v) is 2.53. The Morgan fingerprint density at radius 3 is 2.40 bits per heavy atom. The number of hydrogen-bond donors (Lipinski definition) is 0. The Labute approximate surface area is 40.0 Å². The van der Waals surface area contributed by atoms with Crippen LogP contribution in [0.2, 0.25) is 0 Å². The summed E-state index contributed by atoms with van der Waals surface area (Å²) >= 11 is 3.32. The van der Waals surface area contributed by atoms with E-state index in [-0.39, 0.29) is 0 Å². The largest absolute Gasteiger partial charge is 0.0835 e. The Morgan fingerprint density at radius 1 is 2.00 bits per heavy atom. The van der Waals surface area contributed by atoms with Crippen molar-refractivity contribution in [3.05, 3.63) is 12.2 Å². The molecule has 1 heteroatoms. The van der Waals surface area contributed by atoms with E-state index in [2.05, 4.69) is 22.0 Å². The summed E-state index contributed by atoms with van der Waals surface area (Å²) in [6.45, 7) is 0. The van der Waals surface area contributed by atoms with Crippen molar-refractivity contribution in [3.63, 3.8) is 0 Å². The zero-order valence-electron chi connectivity index (χ0n) is 2.74. The van der Waals surface area contributed by atoms with Crippen LogP contribution in [-0.4, -0.2) is 4.83 Å². The minimum atomic E-state index is 0.572. The van der Waals surface area contributed by atoms with Crippen molar-refractivity contribution < 1.29 is 0 Å². The third kappa shape index (κ3) is 0.538. The van der Waals surface area contributed by atoms with Crippen molar-refractivity contribution in [1.82, 2.24) is 0 Å². The maximum atomic E-state index is 3.32. The van der Waals surface area contributed by atoms with Gasteiger partial charge in [0.25, 0.3) is 0 Å². The molecule has 0 aromatic rings. The van der Waals surface area contributed by atoms with Crippen LogP contribution >= 0.6 is 15.9 Å². The van der Waals surface area contributed by atoms with Gasteiger partial charge in [-0.15, -0.1) is 0 Å². The van der Waals surface area contributed by atoms with Gasteiger partial charge in [0.15, 0.2) is 0 Å². The lowest BCUT2D eigenvalue weighted by Crippen LogP contribution is -1.98. The first kappa shape index (κ1) is 3.41. The number of halogens is 1. The smallest absolute Gasteiger partial charge is 0.0429 e. The van der Waals surface area contributed by atoms with Gasteiger partial charge in [0.2, 0.25) is 0 Å². The first-order valence-electron chi connectivity index (χ1n) is 1.61. The fourth-order valence-electron chi connectivity index (χ4n) is 0.207. The second-order valence-electron chi connectivity index (χ2n) is 1.07. The average Bonchev–Trinajstić information content (AvgIpc) is 1.30. The van der Waals surface area contributed by atoms with E-state index >= 15 is 0 Å². The van der Waals surface area contributed by atoms with E-state index in [9.17, 15) is 0 Å². The molecule has 0 nitrogen and oxygen atoms in total. The van der Waals surface area contributed by atoms with Gasteiger partial charge >= 0.3 is 0 Å². The molecule has 0 aromatic carbocycles. The molecule has 1 aliphatic carbocycles. The molecule has 0 saturated heterocycles. The fourth-order valence-corrected chi connectivity index (χ4v) is 0.581. The topological polar surface area (TPSA) is 0 Å². The van der Waals surface area contributed by atoms with Crippen LogP contribution in [0.15, 0.2) is 6.08 Å². The minimum Gasteiger partial charge on any atom is -0.0835 e. The second-order valence-corrected chi connectivity index (χ2v) is 2.18. The minimum absolute atomic E-state index is 0.572. The fraction of sp³-hybridized carbons (Fsp3) is 0.500. The van der Waals surface area contributed by atoms with E-state index in [1.54, 1.807) is 0 Å². The van der Waals surface area contributed by atoms with Crippen LogP contribution in [0.1, 0.15) is 6.42 Å². The van der Waals surface area contributed by atoms with Crippen molar-refractivity contribution in [2.75, 3.05) is 0 Å². The summed E-state index contributed by atoms with van der Waals surface area (Å²) in [7, 11) is 0. The van der Waals surface area contributed by atoms with Crippen LogP contribution in [0, 0.1) is 6.08 Å². The standard InChI is InChI=1S/C4H4Br/c5-4-2-1-3-4/h1,4H,2H2. The molecule has 0 heterocycles. The van der Waals surface area contributed by atoms with Gasteiger partial charge in [-0.05, 0) is 12.5 Å². The van der Waals surface area contributed by atoms with Crippen molar-refractivity contribution in [1.29, 1.82) is 0 Å². The Balaban J connectivity index is 2.39. The van der Waals surface area contributed by atoms with Crippen LogP contribution in [0.5, 0.6) is 0 Å². The van der Waals surface area contributed by atoms with E-state index in [0.29, 0.717) is 4.83 Å². The van der Waals surface area contributed by atoms with Crippen molar-refractivity contribution in [2.24, 2.45) is 0 Å². The summed E-state index contributed by atoms with van der Waals surface area (Å²) in [6, 6.07) is 0. The van der Waals surface area contributed by atoms with E-state index in [1.165, 1.54) is 6.42 Å². The predicted octanol–water partition coefficient (Wildman–Crippen LogP) is 1.51. The molecular formula is C4H4Br. The van der Waals surface area contributed by atoms with Crippen molar-refractivity contribution in [3.8, 4) is 0 Å². The molecular weight excluding hydrogens is 128 g/mol. The highest BCUT2D eigenvalue weighted by molar-refractivity contribution is 9.09. The van der Waals surface area contributed by atoms with Gasteiger partial charge in [-0.2, -0.15) is 0 Å². The van der Waals surface area contributed by atoms with Gasteiger partial charge in [0, 0.05) is 4.83 Å². The lowest BCUT2D eigenvalue weighted by atomic mass is 10.1. The first-order chi connectivity index (χ1) is 2.39. The third-order valence-electron chi connectivity index (χ3n) is 0.623. The molecule has 1 atom stereocenters. The summed E-state index contributed by atoms with van der Waals surface area (Å²) in [5, 5.41) is 0. The highest BCUT2D eigenvalue weighted by Crippen LogP contribution is 2.14. The number of alkyl halides is 1. The molecule has 0 N–H and O–H groups in total. The average molecular weight is 132 g/mol. The van der Waals surface area contributed by atoms with Gasteiger partial charge in [-0.3, -0.25) is 0 Å². The van der Waals surface area contributed by atoms with E-state index in [1.807, 2.05) is 6.08 Å². The van der Waals surface area contributed by atoms with Gasteiger partial charge < -0.3 is 0 Å². The summed E-state index contributed by atoms with van der Waals surface area (Å²) < 4.78 is 0. The van der Waals surface area contributed by atoms with E-state index in [4.69, 9.17) is 0 Å². The molecule has 0 aromatic heterocycles. The lowest BCUT2D eigenvalue weighted by Gasteiger charge is -2.04. The Morgan fingerprint density at radius 2 is 2.40 bits per heavy atom. The highest BCUT2D eigenvalue weighted by atomic mass is 79.9. The maximum Gasteiger partial charge on any atom is 0.0429 e. The summed E-state index contributed by atoms with van der Waals surface area (Å²) in [4.78, 5) is 0.572. The number of hydrogen-bond acceptors (Lipinski definition) is 0. The SMILES string of the molecule is BrC1[C]=CC1. The van der Waals surface area contributed by atoms with Crippen LogP contribution in [0.3, 0.4) is 0 Å². The zero-order chi connectivity index (χ0) is 3.70. The highest BCUT2D eigenvalue weighted by Gasteiger charge is 2.02. The van der Waals surface area contributed by atoms with E-state index in [0.717, 1.165) is 0 Å². The molecule has 0 saturated carbocycles. The van der Waals surface area contributed by atoms with Crippen LogP contribution < -0.4 is 0 Å². The van der Waals surface area contributed by atoms with Crippen molar-refractivity contribution in [2.45, 2.75) is 11.2 Å². The molecule has 1 rings (SSSR count). The van der Waals surface area contributed by atoms with Crippen LogP contribution in [0.25, 0.3) is 0 Å². The summed E-state index contributed by atoms with van der Waals surface area (Å²) in [6.07, 6.45) is 6.19. The quantitative estimate of drug-likeness (QED) is 0.438. The normalized spacial score (nSPS) is 33.4. The Hall–Kier alpha value is 0.220. The molecule has 0 spiro atoms. The molecule has 1 unspecified atom stereocenters. The maximum absolute atomic E-state index is 3.32. The molecule has 0 fully saturated rings. The Kier molecular flexibility index (Phi) is 0.772. The van der Waals surface area contributed by atoms with Crippen LogP contribution in [-0.2, 0) is 0 Å². The third-order valence-corrected chi connectivity index (χ3v) is 1.26. The van der Waals surface area contributed by atoms with Gasteiger partial charge in [0.1, 0.15) is 0 Å². The molecule has 0 bridgehead atoms. The molecule has 0 aliphatic heterocycles.